The van der Waals surface area contributed by atoms with E-state index in [-0.39, 0.29) is 16.4 Å². The van der Waals surface area contributed by atoms with Crippen molar-refractivity contribution in [3.05, 3.63) is 69.1 Å². The first-order chi connectivity index (χ1) is 11.5. The van der Waals surface area contributed by atoms with Crippen LogP contribution in [0.4, 0.5) is 10.1 Å². The summed E-state index contributed by atoms with van der Waals surface area (Å²) in [5, 5.41) is 2.29. The second kappa shape index (κ2) is 6.78. The molecular weight excluding hydrogens is 442 g/mol. The first-order valence-corrected chi connectivity index (χ1v) is 8.38. The number of nitrogens with zero attached hydrogens (tertiary/aromatic N) is 1. The van der Waals surface area contributed by atoms with Crippen LogP contribution in [-0.2, 0) is 9.59 Å². The summed E-state index contributed by atoms with van der Waals surface area (Å²) in [6.07, 6.45) is 1.48. The van der Waals surface area contributed by atoms with Gasteiger partial charge in [-0.25, -0.2) is 9.29 Å². The predicted octanol–water partition coefficient (Wildman–Crippen LogP) is 3.26. The van der Waals surface area contributed by atoms with Crippen LogP contribution in [0.15, 0.2) is 54.1 Å². The quantitative estimate of drug-likeness (QED) is 0.330. The molecule has 24 heavy (non-hydrogen) atoms. The largest absolute Gasteiger partial charge is 0.298 e. The second-order valence-corrected chi connectivity index (χ2v) is 6.48. The van der Waals surface area contributed by atoms with Gasteiger partial charge in [0.05, 0.1) is 5.69 Å². The third kappa shape index (κ3) is 3.09. The fourth-order valence-electron chi connectivity index (χ4n) is 2.26. The lowest BCUT2D eigenvalue weighted by Crippen LogP contribution is -2.54. The number of benzene rings is 2. The summed E-state index contributed by atoms with van der Waals surface area (Å²) in [5.41, 5.74) is 0.620. The topological polar surface area (TPSA) is 49.4 Å². The maximum Gasteiger partial charge on any atom is 0.270 e. The van der Waals surface area contributed by atoms with E-state index in [2.05, 4.69) is 27.9 Å². The van der Waals surface area contributed by atoms with Gasteiger partial charge in [0.1, 0.15) is 11.4 Å². The number of carbonyl (C=O) groups is 2. The highest BCUT2D eigenvalue weighted by Gasteiger charge is 2.35. The van der Waals surface area contributed by atoms with Crippen LogP contribution >= 0.6 is 34.8 Å². The molecular formula is C17H10FIN2O2S. The molecule has 1 aliphatic heterocycles. The lowest BCUT2D eigenvalue weighted by Gasteiger charge is -2.29. The molecule has 0 aliphatic carbocycles. The average molecular weight is 452 g/mol. The molecule has 0 aromatic heterocycles. The Morgan fingerprint density at radius 2 is 1.75 bits per heavy atom. The van der Waals surface area contributed by atoms with E-state index in [0.717, 1.165) is 14.0 Å². The minimum Gasteiger partial charge on any atom is -0.298 e. The van der Waals surface area contributed by atoms with E-state index in [4.69, 9.17) is 12.2 Å². The van der Waals surface area contributed by atoms with E-state index in [1.165, 1.54) is 24.3 Å². The number of nitrogens with one attached hydrogen (secondary N) is 1. The molecule has 0 spiro atoms. The van der Waals surface area contributed by atoms with Gasteiger partial charge in [-0.3, -0.25) is 14.9 Å². The molecule has 1 fully saturated rings. The van der Waals surface area contributed by atoms with Crippen molar-refractivity contribution in [1.82, 2.24) is 5.32 Å². The Kier molecular flexibility index (Phi) is 4.72. The zero-order valence-electron chi connectivity index (χ0n) is 12.1. The predicted molar refractivity (Wildman–Crippen MR) is 102 cm³/mol. The van der Waals surface area contributed by atoms with E-state index >= 15 is 0 Å². The zero-order chi connectivity index (χ0) is 17.3. The fraction of sp³-hybridized carbons (Fsp3) is 0. The van der Waals surface area contributed by atoms with Crippen molar-refractivity contribution < 1.29 is 14.0 Å². The number of hydrogen-bond donors (Lipinski definition) is 1. The summed E-state index contributed by atoms with van der Waals surface area (Å²) in [4.78, 5) is 25.9. The van der Waals surface area contributed by atoms with Crippen molar-refractivity contribution in [3.8, 4) is 0 Å². The molecule has 2 aromatic carbocycles. The normalized spacial score (nSPS) is 16.5. The highest BCUT2D eigenvalue weighted by atomic mass is 127. The number of halogens is 2. The number of hydrogen-bond acceptors (Lipinski definition) is 3. The fourth-order valence-corrected chi connectivity index (χ4v) is 3.07. The van der Waals surface area contributed by atoms with Crippen LogP contribution < -0.4 is 10.2 Å². The van der Waals surface area contributed by atoms with Crippen molar-refractivity contribution in [1.29, 1.82) is 0 Å². The Morgan fingerprint density at radius 3 is 2.46 bits per heavy atom. The van der Waals surface area contributed by atoms with Gasteiger partial charge in [-0.15, -0.1) is 0 Å². The average Bonchev–Trinajstić information content (AvgIpc) is 2.54. The summed E-state index contributed by atoms with van der Waals surface area (Å²) in [6.45, 7) is 0. The molecule has 0 unspecified atom stereocenters. The molecule has 2 amide bonds. The van der Waals surface area contributed by atoms with E-state index in [9.17, 15) is 14.0 Å². The number of amides is 2. The standard InChI is InChI=1S/C17H10FIN2O2S/c18-12-6-2-4-8-14(12)21-16(23)11(15(22)20-17(21)24)9-10-5-1-3-7-13(10)19/h1-9H,(H,20,22,24)/b11-9+. The molecule has 7 heteroatoms. The van der Waals surface area contributed by atoms with E-state index in [1.54, 1.807) is 18.2 Å². The maximum absolute atomic E-state index is 14.0. The van der Waals surface area contributed by atoms with Crippen LogP contribution in [0.3, 0.4) is 0 Å². The monoisotopic (exact) mass is 452 g/mol. The van der Waals surface area contributed by atoms with E-state index in [1.807, 2.05) is 12.1 Å². The summed E-state index contributed by atoms with van der Waals surface area (Å²) >= 11 is 7.15. The molecule has 0 atom stereocenters. The van der Waals surface area contributed by atoms with Gasteiger partial charge in [0, 0.05) is 3.57 Å². The van der Waals surface area contributed by atoms with Crippen LogP contribution in [0.2, 0.25) is 0 Å². The Morgan fingerprint density at radius 1 is 1.08 bits per heavy atom. The molecule has 1 aliphatic rings. The lowest BCUT2D eigenvalue weighted by atomic mass is 10.1. The molecule has 120 valence electrons. The number of thiocarbonyl (C=S) groups is 1. The highest BCUT2D eigenvalue weighted by Crippen LogP contribution is 2.25. The first kappa shape index (κ1) is 16.7. The van der Waals surface area contributed by atoms with E-state index in [0.29, 0.717) is 0 Å². The van der Waals surface area contributed by atoms with Gasteiger partial charge in [0.15, 0.2) is 5.11 Å². The number of carbonyl (C=O) groups excluding carboxylic acids is 2. The minimum absolute atomic E-state index is 0.00107. The Balaban J connectivity index is 2.07. The van der Waals surface area contributed by atoms with Crippen molar-refractivity contribution >= 4 is 63.5 Å². The summed E-state index contributed by atoms with van der Waals surface area (Å²) in [5.74, 6) is -1.86. The van der Waals surface area contributed by atoms with Gasteiger partial charge >= 0.3 is 0 Å². The summed E-state index contributed by atoms with van der Waals surface area (Å²) in [7, 11) is 0. The van der Waals surface area contributed by atoms with Crippen molar-refractivity contribution in [2.75, 3.05) is 4.90 Å². The summed E-state index contributed by atoms with van der Waals surface area (Å²) in [6, 6.07) is 13.1. The maximum atomic E-state index is 14.0. The third-order valence-corrected chi connectivity index (χ3v) is 4.67. The number of rotatable bonds is 2. The van der Waals surface area contributed by atoms with Gasteiger partial charge in [0.2, 0.25) is 0 Å². The zero-order valence-corrected chi connectivity index (χ0v) is 15.1. The van der Waals surface area contributed by atoms with Crippen LogP contribution in [0.1, 0.15) is 5.56 Å². The Bertz CT molecular complexity index is 898. The number of anilines is 1. The van der Waals surface area contributed by atoms with Crippen molar-refractivity contribution in [3.63, 3.8) is 0 Å². The lowest BCUT2D eigenvalue weighted by molar-refractivity contribution is -0.122. The molecule has 4 nitrogen and oxygen atoms in total. The van der Waals surface area contributed by atoms with Crippen LogP contribution in [0.25, 0.3) is 6.08 Å². The molecule has 3 rings (SSSR count). The summed E-state index contributed by atoms with van der Waals surface area (Å²) < 4.78 is 14.9. The van der Waals surface area contributed by atoms with Crippen LogP contribution in [-0.4, -0.2) is 16.9 Å². The van der Waals surface area contributed by atoms with Gasteiger partial charge in [-0.1, -0.05) is 30.3 Å². The third-order valence-electron chi connectivity index (χ3n) is 3.40. The van der Waals surface area contributed by atoms with Crippen LogP contribution in [0, 0.1) is 9.39 Å². The molecule has 0 saturated carbocycles. The molecule has 0 radical (unpaired) electrons. The molecule has 1 heterocycles. The molecule has 1 saturated heterocycles. The van der Waals surface area contributed by atoms with Crippen molar-refractivity contribution in [2.24, 2.45) is 0 Å². The minimum atomic E-state index is -0.659. The highest BCUT2D eigenvalue weighted by molar-refractivity contribution is 14.1. The Hall–Kier alpha value is -2.13. The smallest absolute Gasteiger partial charge is 0.270 e. The number of para-hydroxylation sites is 1. The second-order valence-electron chi connectivity index (χ2n) is 4.93. The van der Waals surface area contributed by atoms with Crippen LogP contribution in [0.5, 0.6) is 0 Å². The first-order valence-electron chi connectivity index (χ1n) is 6.89. The van der Waals surface area contributed by atoms with Gasteiger partial charge < -0.3 is 0 Å². The Labute approximate surface area is 156 Å². The van der Waals surface area contributed by atoms with Gasteiger partial charge in [0.25, 0.3) is 11.8 Å². The van der Waals surface area contributed by atoms with Crippen molar-refractivity contribution in [2.45, 2.75) is 0 Å². The molecule has 1 N–H and O–H groups in total. The van der Waals surface area contributed by atoms with E-state index < -0.39 is 17.6 Å². The van der Waals surface area contributed by atoms with Gasteiger partial charge in [-0.2, -0.15) is 0 Å². The molecule has 2 aromatic rings. The SMILES string of the molecule is O=C1NC(=S)N(c2ccccc2F)C(=O)/C1=C/c1ccccc1I. The van der Waals surface area contributed by atoms with Gasteiger partial charge in [-0.05, 0) is 64.6 Å². The molecule has 0 bridgehead atoms.